The normalized spacial score (nSPS) is 22.6. The molecule has 0 saturated carbocycles. The van der Waals surface area contributed by atoms with Gasteiger partial charge in [0.1, 0.15) is 0 Å². The minimum absolute atomic E-state index is 0.0211. The van der Waals surface area contributed by atoms with Crippen LogP contribution in [0.4, 0.5) is 0 Å². The van der Waals surface area contributed by atoms with Gasteiger partial charge in [-0.15, -0.1) is 0 Å². The summed E-state index contributed by atoms with van der Waals surface area (Å²) < 4.78 is 0. The topological polar surface area (TPSA) is 0 Å². The third-order valence-electron chi connectivity index (χ3n) is 12.8. The molecule has 1 spiro atoms. The summed E-state index contributed by atoms with van der Waals surface area (Å²) in [6.45, 7) is 27.0. The van der Waals surface area contributed by atoms with E-state index in [4.69, 9.17) is 0 Å². The molecule has 2 atom stereocenters. The first-order valence-electron chi connectivity index (χ1n) is 18.5. The third-order valence-corrected chi connectivity index (χ3v) is 12.8. The van der Waals surface area contributed by atoms with Crippen LogP contribution in [0.1, 0.15) is 128 Å². The standard InChI is InChI=1S/C47H54/c1-26(2)35-24-47(25-36(27(3)4)40(35)28(5)6)38-21-20-37-41(33-22-29-16-12-13-17-30(29)43(33)46(37,10)11)42(38)34-23-39(45(7,8)9)31-18-14-15-19-32(31)44(34)47/h12-21,23,26-28,35H,22,24-25H2,1-11H3. The van der Waals surface area contributed by atoms with Crippen molar-refractivity contribution >= 4 is 21.9 Å². The SMILES string of the molecule is CC(C)C1=C(C(C)C)C(C(C)C)CC2(C1)c1ccc3c(c1-c1cc(C(C)(C)C)c4ccccc4c12)C1=C(c2ccccc2C1)C3(C)C. The lowest BCUT2D eigenvalue weighted by Gasteiger charge is -2.47. The van der Waals surface area contributed by atoms with Gasteiger partial charge in [0.05, 0.1) is 0 Å². The Labute approximate surface area is 284 Å². The lowest BCUT2D eigenvalue weighted by atomic mass is 9.57. The molecule has 0 fully saturated rings. The lowest BCUT2D eigenvalue weighted by molar-refractivity contribution is 0.277. The van der Waals surface area contributed by atoms with Gasteiger partial charge in [-0.3, -0.25) is 0 Å². The molecule has 47 heavy (non-hydrogen) atoms. The maximum Gasteiger partial charge on any atom is 0.0264 e. The van der Waals surface area contributed by atoms with Crippen LogP contribution in [0, 0.1) is 23.7 Å². The number of hydrogen-bond donors (Lipinski definition) is 0. The van der Waals surface area contributed by atoms with Crippen molar-refractivity contribution in [2.24, 2.45) is 23.7 Å². The Morgan fingerprint density at radius 1 is 0.723 bits per heavy atom. The van der Waals surface area contributed by atoms with Crippen molar-refractivity contribution in [3.63, 3.8) is 0 Å². The molecule has 0 bridgehead atoms. The highest BCUT2D eigenvalue weighted by molar-refractivity contribution is 6.12. The number of fused-ring (bicyclic) bond motifs is 12. The summed E-state index contributed by atoms with van der Waals surface area (Å²) in [6, 6.07) is 26.5. The predicted molar refractivity (Wildman–Crippen MR) is 203 cm³/mol. The summed E-state index contributed by atoms with van der Waals surface area (Å²) in [5, 5.41) is 2.93. The Kier molecular flexibility index (Phi) is 6.63. The van der Waals surface area contributed by atoms with Crippen molar-refractivity contribution in [2.45, 2.75) is 112 Å². The summed E-state index contributed by atoms with van der Waals surface area (Å²) in [7, 11) is 0. The van der Waals surface area contributed by atoms with Crippen molar-refractivity contribution in [3.8, 4) is 11.1 Å². The van der Waals surface area contributed by atoms with Gasteiger partial charge in [-0.25, -0.2) is 0 Å². The zero-order valence-electron chi connectivity index (χ0n) is 30.8. The van der Waals surface area contributed by atoms with Gasteiger partial charge < -0.3 is 0 Å². The molecular weight excluding hydrogens is 565 g/mol. The fourth-order valence-corrected chi connectivity index (χ4v) is 10.9. The highest BCUT2D eigenvalue weighted by atomic mass is 14.6. The van der Waals surface area contributed by atoms with Gasteiger partial charge in [-0.1, -0.05) is 148 Å². The first-order valence-corrected chi connectivity index (χ1v) is 18.5. The number of benzene rings is 4. The van der Waals surface area contributed by atoms with Crippen molar-refractivity contribution in [1.82, 2.24) is 0 Å². The quantitative estimate of drug-likeness (QED) is 0.200. The van der Waals surface area contributed by atoms with E-state index in [0.717, 1.165) is 12.8 Å². The molecule has 0 aliphatic heterocycles. The van der Waals surface area contributed by atoms with Crippen LogP contribution in [0.25, 0.3) is 33.0 Å². The van der Waals surface area contributed by atoms with Crippen molar-refractivity contribution in [1.29, 1.82) is 0 Å². The molecule has 0 N–H and O–H groups in total. The Morgan fingerprint density at radius 2 is 1.38 bits per heavy atom. The largest absolute Gasteiger partial charge is 0.0667 e. The van der Waals surface area contributed by atoms with Crippen LogP contribution in [0.5, 0.6) is 0 Å². The summed E-state index contributed by atoms with van der Waals surface area (Å²) in [4.78, 5) is 0. The molecule has 0 heteroatoms. The molecule has 2 unspecified atom stereocenters. The van der Waals surface area contributed by atoms with Crippen LogP contribution in [-0.4, -0.2) is 0 Å². The summed E-state index contributed by atoms with van der Waals surface area (Å²) >= 11 is 0. The summed E-state index contributed by atoms with van der Waals surface area (Å²) in [6.07, 6.45) is 3.37. The fourth-order valence-electron chi connectivity index (χ4n) is 10.9. The van der Waals surface area contributed by atoms with Gasteiger partial charge in [0.15, 0.2) is 0 Å². The molecule has 0 amide bonds. The van der Waals surface area contributed by atoms with E-state index in [9.17, 15) is 0 Å². The molecule has 0 saturated heterocycles. The van der Waals surface area contributed by atoms with Crippen LogP contribution in [0.15, 0.2) is 77.9 Å². The molecule has 0 radical (unpaired) electrons. The van der Waals surface area contributed by atoms with Crippen LogP contribution in [-0.2, 0) is 22.7 Å². The lowest BCUT2D eigenvalue weighted by Crippen LogP contribution is -2.38. The third kappa shape index (κ3) is 4.06. The van der Waals surface area contributed by atoms with E-state index in [0.29, 0.717) is 23.7 Å². The second-order valence-electron chi connectivity index (χ2n) is 18.0. The molecule has 0 heterocycles. The zero-order chi connectivity index (χ0) is 33.4. The van der Waals surface area contributed by atoms with Gasteiger partial charge in [-0.05, 0) is 126 Å². The van der Waals surface area contributed by atoms with Crippen LogP contribution >= 0.6 is 0 Å². The van der Waals surface area contributed by atoms with E-state index in [2.05, 4.69) is 143 Å². The Morgan fingerprint density at radius 3 is 2.04 bits per heavy atom. The Bertz CT molecular complexity index is 2050. The molecule has 4 aromatic rings. The maximum absolute atomic E-state index is 2.67. The van der Waals surface area contributed by atoms with E-state index in [1.54, 1.807) is 44.5 Å². The molecule has 242 valence electrons. The Hall–Kier alpha value is -3.38. The summed E-state index contributed by atoms with van der Waals surface area (Å²) in [5.41, 5.74) is 20.5. The van der Waals surface area contributed by atoms with Crippen molar-refractivity contribution in [2.75, 3.05) is 0 Å². The maximum atomic E-state index is 2.67. The van der Waals surface area contributed by atoms with Gasteiger partial charge in [0.25, 0.3) is 0 Å². The minimum atomic E-state index is -0.0401. The van der Waals surface area contributed by atoms with E-state index in [-0.39, 0.29) is 16.2 Å². The number of rotatable bonds is 3. The number of allylic oxidation sites excluding steroid dienone is 4. The highest BCUT2D eigenvalue weighted by Crippen LogP contribution is 2.67. The van der Waals surface area contributed by atoms with E-state index in [1.807, 2.05) is 0 Å². The van der Waals surface area contributed by atoms with Gasteiger partial charge in [0.2, 0.25) is 0 Å². The average molecular weight is 619 g/mol. The van der Waals surface area contributed by atoms with Gasteiger partial charge in [0, 0.05) is 10.8 Å². The monoisotopic (exact) mass is 618 g/mol. The number of hydrogen-bond acceptors (Lipinski definition) is 0. The van der Waals surface area contributed by atoms with Crippen molar-refractivity contribution in [3.05, 3.63) is 117 Å². The van der Waals surface area contributed by atoms with Crippen LogP contribution < -0.4 is 0 Å². The fraction of sp³-hybridized carbons (Fsp3) is 0.447. The van der Waals surface area contributed by atoms with Gasteiger partial charge >= 0.3 is 0 Å². The van der Waals surface area contributed by atoms with Crippen LogP contribution in [0.3, 0.4) is 0 Å². The summed E-state index contributed by atoms with van der Waals surface area (Å²) in [5.74, 6) is 2.27. The molecule has 4 aromatic carbocycles. The van der Waals surface area contributed by atoms with E-state index in [1.165, 1.54) is 45.0 Å². The minimum Gasteiger partial charge on any atom is -0.0667 e. The van der Waals surface area contributed by atoms with E-state index < -0.39 is 0 Å². The van der Waals surface area contributed by atoms with Gasteiger partial charge in [-0.2, -0.15) is 0 Å². The van der Waals surface area contributed by atoms with Crippen molar-refractivity contribution < 1.29 is 0 Å². The Balaban J connectivity index is 1.53. The molecule has 4 aliphatic carbocycles. The zero-order valence-corrected chi connectivity index (χ0v) is 30.8. The molecule has 0 aromatic heterocycles. The highest BCUT2D eigenvalue weighted by Gasteiger charge is 2.54. The second kappa shape index (κ2) is 10.1. The van der Waals surface area contributed by atoms with Crippen LogP contribution in [0.2, 0.25) is 0 Å². The molecule has 4 aliphatic rings. The second-order valence-corrected chi connectivity index (χ2v) is 18.0. The average Bonchev–Trinajstić information content (AvgIpc) is 3.60. The van der Waals surface area contributed by atoms with E-state index >= 15 is 0 Å². The predicted octanol–water partition coefficient (Wildman–Crippen LogP) is 12.8. The molecular formula is C47H54. The molecule has 8 rings (SSSR count). The first-order chi connectivity index (χ1) is 22.2. The smallest absolute Gasteiger partial charge is 0.0264 e. The molecule has 0 nitrogen and oxygen atoms in total. The first kappa shape index (κ1) is 30.9.